The number of rotatable bonds is 5. The Labute approximate surface area is 110 Å². The van der Waals surface area contributed by atoms with E-state index in [4.69, 9.17) is 9.84 Å². The summed E-state index contributed by atoms with van der Waals surface area (Å²) in [5.41, 5.74) is 2.69. The molecule has 1 aromatic carbocycles. The van der Waals surface area contributed by atoms with Crippen LogP contribution in [-0.4, -0.2) is 28.2 Å². The number of carboxylic acids is 1. The van der Waals surface area contributed by atoms with Crippen molar-refractivity contribution in [1.29, 1.82) is 0 Å². The lowest BCUT2D eigenvalue weighted by Gasteiger charge is -2.11. The quantitative estimate of drug-likeness (QED) is 0.766. The molecule has 0 atom stereocenters. The van der Waals surface area contributed by atoms with Crippen molar-refractivity contribution in [2.45, 2.75) is 13.5 Å². The number of hydrogen-bond donors (Lipinski definition) is 3. The van der Waals surface area contributed by atoms with Crippen LogP contribution in [0, 0.1) is 6.92 Å². The van der Waals surface area contributed by atoms with Crippen LogP contribution in [-0.2, 0) is 6.54 Å². The van der Waals surface area contributed by atoms with Gasteiger partial charge in [-0.05, 0) is 25.1 Å². The van der Waals surface area contributed by atoms with E-state index >= 15 is 0 Å². The highest BCUT2D eigenvalue weighted by molar-refractivity contribution is 5.89. The van der Waals surface area contributed by atoms with E-state index in [9.17, 15) is 4.79 Å². The van der Waals surface area contributed by atoms with Crippen molar-refractivity contribution in [2.24, 2.45) is 0 Å². The van der Waals surface area contributed by atoms with Gasteiger partial charge >= 0.3 is 5.97 Å². The van der Waals surface area contributed by atoms with E-state index in [-0.39, 0.29) is 5.56 Å². The minimum Gasteiger partial charge on any atom is -0.495 e. The van der Waals surface area contributed by atoms with Crippen LogP contribution in [0.15, 0.2) is 24.5 Å². The molecule has 19 heavy (non-hydrogen) atoms. The van der Waals surface area contributed by atoms with E-state index in [1.807, 2.05) is 6.92 Å². The lowest BCUT2D eigenvalue weighted by Crippen LogP contribution is -2.05. The van der Waals surface area contributed by atoms with Gasteiger partial charge < -0.3 is 20.1 Å². The fourth-order valence-electron chi connectivity index (χ4n) is 1.72. The van der Waals surface area contributed by atoms with Crippen LogP contribution in [0.3, 0.4) is 0 Å². The zero-order valence-electron chi connectivity index (χ0n) is 10.7. The summed E-state index contributed by atoms with van der Waals surface area (Å²) < 4.78 is 5.20. The van der Waals surface area contributed by atoms with Crippen molar-refractivity contribution in [1.82, 2.24) is 9.97 Å². The Morgan fingerprint density at radius 2 is 2.32 bits per heavy atom. The van der Waals surface area contributed by atoms with Crippen LogP contribution in [0.2, 0.25) is 0 Å². The molecule has 0 saturated carbocycles. The summed E-state index contributed by atoms with van der Waals surface area (Å²) in [5, 5.41) is 12.1. The summed E-state index contributed by atoms with van der Waals surface area (Å²) in [4.78, 5) is 18.1. The highest BCUT2D eigenvalue weighted by Crippen LogP contribution is 2.26. The number of ether oxygens (including phenoxy) is 1. The monoisotopic (exact) mass is 261 g/mol. The third kappa shape index (κ3) is 2.85. The van der Waals surface area contributed by atoms with E-state index in [1.54, 1.807) is 25.6 Å². The number of nitrogens with zero attached hydrogens (tertiary/aromatic N) is 1. The molecule has 0 saturated heterocycles. The van der Waals surface area contributed by atoms with Crippen molar-refractivity contribution in [3.05, 3.63) is 41.5 Å². The maximum absolute atomic E-state index is 11.0. The fraction of sp³-hybridized carbons (Fsp3) is 0.231. The Hall–Kier alpha value is -2.50. The van der Waals surface area contributed by atoms with E-state index in [0.717, 1.165) is 11.4 Å². The van der Waals surface area contributed by atoms with Crippen LogP contribution in [0.4, 0.5) is 5.69 Å². The number of carbonyl (C=O) groups is 1. The fourth-order valence-corrected chi connectivity index (χ4v) is 1.72. The summed E-state index contributed by atoms with van der Waals surface area (Å²) in [5.74, 6) is -0.375. The van der Waals surface area contributed by atoms with Crippen LogP contribution in [0.1, 0.15) is 21.7 Å². The van der Waals surface area contributed by atoms with Crippen molar-refractivity contribution in [3.8, 4) is 5.75 Å². The number of hydrogen-bond acceptors (Lipinski definition) is 4. The lowest BCUT2D eigenvalue weighted by atomic mass is 10.2. The number of aryl methyl sites for hydroxylation is 1. The largest absolute Gasteiger partial charge is 0.495 e. The molecule has 1 heterocycles. The minimum absolute atomic E-state index is 0.210. The molecule has 0 aliphatic heterocycles. The summed E-state index contributed by atoms with van der Waals surface area (Å²) in [7, 11) is 1.54. The van der Waals surface area contributed by atoms with Crippen LogP contribution >= 0.6 is 0 Å². The number of aromatic amines is 1. The van der Waals surface area contributed by atoms with Gasteiger partial charge in [0.15, 0.2) is 0 Å². The third-order valence-corrected chi connectivity index (χ3v) is 2.83. The van der Waals surface area contributed by atoms with Crippen molar-refractivity contribution in [2.75, 3.05) is 12.4 Å². The maximum atomic E-state index is 11.0. The lowest BCUT2D eigenvalue weighted by molar-refractivity contribution is 0.0697. The highest BCUT2D eigenvalue weighted by Gasteiger charge is 2.09. The molecule has 0 amide bonds. The highest BCUT2D eigenvalue weighted by atomic mass is 16.5. The van der Waals surface area contributed by atoms with Gasteiger partial charge in [-0.3, -0.25) is 0 Å². The minimum atomic E-state index is -0.971. The van der Waals surface area contributed by atoms with E-state index in [0.29, 0.717) is 18.0 Å². The van der Waals surface area contributed by atoms with Gasteiger partial charge in [0, 0.05) is 5.69 Å². The number of H-pyrrole nitrogens is 1. The smallest absolute Gasteiger partial charge is 0.335 e. The number of methoxy groups -OCH3 is 1. The summed E-state index contributed by atoms with van der Waals surface area (Å²) in [6.45, 7) is 2.42. The van der Waals surface area contributed by atoms with Gasteiger partial charge in [-0.25, -0.2) is 9.78 Å². The number of anilines is 1. The molecule has 100 valence electrons. The average molecular weight is 261 g/mol. The summed E-state index contributed by atoms with van der Waals surface area (Å²) in [6, 6.07) is 4.68. The molecule has 6 heteroatoms. The molecule has 0 radical (unpaired) electrons. The number of benzene rings is 1. The van der Waals surface area contributed by atoms with Gasteiger partial charge in [-0.1, -0.05) is 0 Å². The molecule has 0 bridgehead atoms. The maximum Gasteiger partial charge on any atom is 0.335 e. The molecular formula is C13H15N3O3. The molecule has 0 spiro atoms. The number of nitrogens with one attached hydrogen (secondary N) is 2. The molecule has 2 aromatic rings. The Bertz CT molecular complexity index is 593. The topological polar surface area (TPSA) is 87.2 Å². The van der Waals surface area contributed by atoms with E-state index in [1.165, 1.54) is 6.07 Å². The Morgan fingerprint density at radius 1 is 1.53 bits per heavy atom. The standard InChI is InChI=1S/C13H15N3O3/c1-8-11(16-7-15-8)6-14-10-5-9(13(17)18)3-4-12(10)19-2/h3-5,7,14H,6H2,1-2H3,(H,15,16)(H,17,18). The first-order chi connectivity index (χ1) is 9.11. The van der Waals surface area contributed by atoms with Gasteiger partial charge in [-0.15, -0.1) is 0 Å². The zero-order valence-corrected chi connectivity index (χ0v) is 10.7. The summed E-state index contributed by atoms with van der Waals surface area (Å²) in [6.07, 6.45) is 1.62. The third-order valence-electron chi connectivity index (χ3n) is 2.83. The number of carboxylic acid groups (broad SMARTS) is 1. The van der Waals surface area contributed by atoms with Crippen molar-refractivity contribution in [3.63, 3.8) is 0 Å². The number of aromatic nitrogens is 2. The van der Waals surface area contributed by atoms with Crippen LogP contribution in [0.25, 0.3) is 0 Å². The van der Waals surface area contributed by atoms with Gasteiger partial charge in [-0.2, -0.15) is 0 Å². The van der Waals surface area contributed by atoms with Crippen LogP contribution in [0.5, 0.6) is 5.75 Å². The molecule has 2 rings (SSSR count). The Morgan fingerprint density at radius 3 is 2.89 bits per heavy atom. The molecular weight excluding hydrogens is 246 g/mol. The average Bonchev–Trinajstić information content (AvgIpc) is 2.81. The predicted octanol–water partition coefficient (Wildman–Crippen LogP) is 2.04. The first-order valence-electron chi connectivity index (χ1n) is 5.76. The van der Waals surface area contributed by atoms with Crippen molar-refractivity contribution < 1.29 is 14.6 Å². The first kappa shape index (κ1) is 12.9. The summed E-state index contributed by atoms with van der Waals surface area (Å²) >= 11 is 0. The van der Waals surface area contributed by atoms with Gasteiger partial charge in [0.05, 0.1) is 36.9 Å². The molecule has 0 aliphatic rings. The molecule has 6 nitrogen and oxygen atoms in total. The normalized spacial score (nSPS) is 10.2. The van der Waals surface area contributed by atoms with Gasteiger partial charge in [0.2, 0.25) is 0 Å². The molecule has 0 aliphatic carbocycles. The van der Waals surface area contributed by atoms with Crippen LogP contribution < -0.4 is 10.1 Å². The first-order valence-corrected chi connectivity index (χ1v) is 5.76. The second-order valence-electron chi connectivity index (χ2n) is 4.05. The van der Waals surface area contributed by atoms with E-state index < -0.39 is 5.97 Å². The Kier molecular flexibility index (Phi) is 3.70. The molecule has 0 fully saturated rings. The zero-order chi connectivity index (χ0) is 13.8. The Balaban J connectivity index is 2.20. The second kappa shape index (κ2) is 5.43. The predicted molar refractivity (Wildman–Crippen MR) is 70.6 cm³/mol. The number of imidazole rings is 1. The molecule has 3 N–H and O–H groups in total. The SMILES string of the molecule is COc1ccc(C(=O)O)cc1NCc1nc[nH]c1C. The molecule has 0 unspecified atom stereocenters. The number of aromatic carboxylic acids is 1. The molecule has 1 aromatic heterocycles. The van der Waals surface area contributed by atoms with Crippen molar-refractivity contribution >= 4 is 11.7 Å². The second-order valence-corrected chi connectivity index (χ2v) is 4.05. The van der Waals surface area contributed by atoms with Gasteiger partial charge in [0.25, 0.3) is 0 Å². The van der Waals surface area contributed by atoms with E-state index in [2.05, 4.69) is 15.3 Å². The van der Waals surface area contributed by atoms with Gasteiger partial charge in [0.1, 0.15) is 5.75 Å².